The quantitative estimate of drug-likeness (QED) is 0.603. The zero-order valence-corrected chi connectivity index (χ0v) is 18.8. The molecule has 7 nitrogen and oxygen atoms in total. The molecule has 4 rings (SSSR count). The minimum Gasteiger partial charge on any atom is -0.481 e. The zero-order valence-electron chi connectivity index (χ0n) is 18.8. The average Bonchev–Trinajstić information content (AvgIpc) is 3.22. The number of carboxylic acids is 1. The summed E-state index contributed by atoms with van der Waals surface area (Å²) in [5.74, 6) is -1.20. The molecule has 2 unspecified atom stereocenters. The third-order valence-electron chi connectivity index (χ3n) is 7.28. The summed E-state index contributed by atoms with van der Waals surface area (Å²) in [6.07, 6.45) is 2.73. The monoisotopic (exact) mass is 445 g/mol. The Labute approximate surface area is 192 Å². The van der Waals surface area contributed by atoms with Crippen molar-refractivity contribution in [3.63, 3.8) is 0 Å². The van der Waals surface area contributed by atoms with Gasteiger partial charge in [-0.05, 0) is 72.6 Å². The molecule has 0 aliphatic heterocycles. The summed E-state index contributed by atoms with van der Waals surface area (Å²) in [4.78, 5) is 36.4. The lowest BCUT2D eigenvalue weighted by molar-refractivity contribution is -0.137. The molecule has 1 fully saturated rings. The van der Waals surface area contributed by atoms with Gasteiger partial charge in [0.25, 0.3) is 5.91 Å². The lowest BCUT2D eigenvalue weighted by Gasteiger charge is -2.15. The molecule has 1 saturated carbocycles. The first kappa shape index (κ1) is 22.5. The van der Waals surface area contributed by atoms with E-state index in [4.69, 9.17) is 5.11 Å². The zero-order chi connectivity index (χ0) is 23.8. The molecule has 0 bridgehead atoms. The van der Waals surface area contributed by atoms with E-state index in [1.807, 2.05) is 18.2 Å². The Morgan fingerprint density at radius 2 is 2.00 bits per heavy atom. The van der Waals surface area contributed by atoms with Crippen molar-refractivity contribution in [3.8, 4) is 6.07 Å². The van der Waals surface area contributed by atoms with Gasteiger partial charge in [0.1, 0.15) is 0 Å². The number of carbonyl (C=O) groups is 3. The molecule has 0 saturated heterocycles. The Hall–Kier alpha value is -3.66. The summed E-state index contributed by atoms with van der Waals surface area (Å²) in [7, 11) is 1.60. The third kappa shape index (κ3) is 3.97. The number of aryl methyl sites for hydroxylation is 2. The number of hydrogen-bond donors (Lipinski definition) is 3. The molecule has 2 aromatic carbocycles. The summed E-state index contributed by atoms with van der Waals surface area (Å²) in [5.41, 5.74) is 4.41. The van der Waals surface area contributed by atoms with E-state index >= 15 is 0 Å². The van der Waals surface area contributed by atoms with Crippen LogP contribution in [0.3, 0.4) is 0 Å². The van der Waals surface area contributed by atoms with Crippen LogP contribution in [0.4, 0.5) is 5.69 Å². The van der Waals surface area contributed by atoms with E-state index in [9.17, 15) is 19.6 Å². The number of benzene rings is 2. The number of carbonyl (C=O) groups excluding carboxylic acids is 2. The van der Waals surface area contributed by atoms with E-state index < -0.39 is 5.97 Å². The number of carboxylic acid groups (broad SMARTS) is 1. The minimum absolute atomic E-state index is 0.0423. The van der Waals surface area contributed by atoms with Crippen molar-refractivity contribution in [2.24, 2.45) is 11.8 Å². The van der Waals surface area contributed by atoms with Crippen LogP contribution in [-0.4, -0.2) is 29.9 Å². The number of nitriles is 1. The SMILES string of the molecule is CNC(=O)c1ccc2c(c1)[C@]1(CC2)C(C)C1C(=O)Nc1cc(C#N)ccc1CCCC(=O)O. The Balaban J connectivity index is 1.57. The maximum absolute atomic E-state index is 13.4. The summed E-state index contributed by atoms with van der Waals surface area (Å²) in [6, 6.07) is 13.0. The molecular formula is C26H27N3O4. The highest BCUT2D eigenvalue weighted by Gasteiger charge is 2.68. The number of hydrogen-bond acceptors (Lipinski definition) is 4. The molecule has 1 spiro atoms. The van der Waals surface area contributed by atoms with Gasteiger partial charge >= 0.3 is 5.97 Å². The first-order chi connectivity index (χ1) is 15.8. The standard InChI is InChI=1S/C26H27N3O4/c1-15-23(26(15)11-10-17-8-9-19(13-20(17)26)24(32)28-2)25(33)29-21-12-16(14-27)6-7-18(21)4-3-5-22(30)31/h6-9,12-13,15,23H,3-5,10-11H2,1-2H3,(H,28,32)(H,29,33)(H,30,31)/t15?,23?,26-/m0/s1. The number of amides is 2. The molecule has 33 heavy (non-hydrogen) atoms. The summed E-state index contributed by atoms with van der Waals surface area (Å²) in [5, 5.41) is 23.9. The van der Waals surface area contributed by atoms with Crippen molar-refractivity contribution in [1.82, 2.24) is 5.32 Å². The maximum Gasteiger partial charge on any atom is 0.303 e. The topological polar surface area (TPSA) is 119 Å². The van der Waals surface area contributed by atoms with E-state index in [-0.39, 0.29) is 35.5 Å². The molecule has 0 heterocycles. The number of anilines is 1. The van der Waals surface area contributed by atoms with Crippen molar-refractivity contribution >= 4 is 23.5 Å². The van der Waals surface area contributed by atoms with Crippen LogP contribution in [0.2, 0.25) is 0 Å². The summed E-state index contributed by atoms with van der Waals surface area (Å²) >= 11 is 0. The van der Waals surface area contributed by atoms with Gasteiger partial charge in [0.05, 0.1) is 17.6 Å². The fraction of sp³-hybridized carbons (Fsp3) is 0.385. The minimum atomic E-state index is -0.862. The predicted molar refractivity (Wildman–Crippen MR) is 123 cm³/mol. The molecule has 2 aromatic rings. The molecule has 2 aliphatic carbocycles. The highest BCUT2D eigenvalue weighted by Crippen LogP contribution is 2.66. The first-order valence-corrected chi connectivity index (χ1v) is 11.2. The van der Waals surface area contributed by atoms with E-state index in [2.05, 4.69) is 23.6 Å². The van der Waals surface area contributed by atoms with Crippen LogP contribution in [0.5, 0.6) is 0 Å². The molecular weight excluding hydrogens is 418 g/mol. The lowest BCUT2D eigenvalue weighted by Crippen LogP contribution is -2.21. The van der Waals surface area contributed by atoms with E-state index in [1.165, 1.54) is 5.56 Å². The average molecular weight is 446 g/mol. The second-order valence-corrected chi connectivity index (χ2v) is 8.98. The van der Waals surface area contributed by atoms with Gasteiger partial charge in [-0.3, -0.25) is 14.4 Å². The predicted octanol–water partition coefficient (Wildman–Crippen LogP) is 3.41. The molecule has 3 atom stereocenters. The van der Waals surface area contributed by atoms with Crippen molar-refractivity contribution in [1.29, 1.82) is 5.26 Å². The molecule has 2 aliphatic rings. The molecule has 0 aromatic heterocycles. The van der Waals surface area contributed by atoms with Gasteiger partial charge < -0.3 is 15.7 Å². The molecule has 3 N–H and O–H groups in total. The van der Waals surface area contributed by atoms with Gasteiger partial charge in [-0.25, -0.2) is 0 Å². The van der Waals surface area contributed by atoms with Crippen LogP contribution < -0.4 is 10.6 Å². The smallest absolute Gasteiger partial charge is 0.303 e. The van der Waals surface area contributed by atoms with Crippen LogP contribution in [-0.2, 0) is 27.8 Å². The van der Waals surface area contributed by atoms with Crippen LogP contribution in [0.25, 0.3) is 0 Å². The second-order valence-electron chi connectivity index (χ2n) is 8.98. The van der Waals surface area contributed by atoms with E-state index in [0.717, 1.165) is 24.0 Å². The largest absolute Gasteiger partial charge is 0.481 e. The molecule has 2 amide bonds. The Morgan fingerprint density at radius 1 is 1.21 bits per heavy atom. The molecule has 0 radical (unpaired) electrons. The van der Waals surface area contributed by atoms with E-state index in [1.54, 1.807) is 25.2 Å². The van der Waals surface area contributed by atoms with Gasteiger partial charge in [-0.15, -0.1) is 0 Å². The van der Waals surface area contributed by atoms with Crippen molar-refractivity contribution < 1.29 is 19.5 Å². The maximum atomic E-state index is 13.4. The number of aliphatic carboxylic acids is 1. The van der Waals surface area contributed by atoms with Gasteiger partial charge in [-0.1, -0.05) is 19.1 Å². The van der Waals surface area contributed by atoms with Crippen LogP contribution >= 0.6 is 0 Å². The Morgan fingerprint density at radius 3 is 2.70 bits per heavy atom. The normalized spacial score (nSPS) is 22.3. The number of rotatable bonds is 7. The second kappa shape index (κ2) is 8.70. The third-order valence-corrected chi connectivity index (χ3v) is 7.28. The van der Waals surface area contributed by atoms with Gasteiger partial charge in [0, 0.05) is 30.1 Å². The number of fused-ring (bicyclic) bond motifs is 2. The fourth-order valence-corrected chi connectivity index (χ4v) is 5.50. The fourth-order valence-electron chi connectivity index (χ4n) is 5.50. The molecule has 7 heteroatoms. The van der Waals surface area contributed by atoms with Crippen LogP contribution in [0.15, 0.2) is 36.4 Å². The van der Waals surface area contributed by atoms with Crippen LogP contribution in [0.1, 0.15) is 58.8 Å². The summed E-state index contributed by atoms with van der Waals surface area (Å²) < 4.78 is 0. The Kier molecular flexibility index (Phi) is 5.94. The Bertz CT molecular complexity index is 1180. The van der Waals surface area contributed by atoms with Crippen molar-refractivity contribution in [2.75, 3.05) is 12.4 Å². The number of nitrogens with zero attached hydrogens (tertiary/aromatic N) is 1. The highest BCUT2D eigenvalue weighted by atomic mass is 16.4. The lowest BCUT2D eigenvalue weighted by atomic mass is 9.92. The van der Waals surface area contributed by atoms with Gasteiger partial charge in [0.2, 0.25) is 5.91 Å². The summed E-state index contributed by atoms with van der Waals surface area (Å²) in [6.45, 7) is 2.07. The van der Waals surface area contributed by atoms with Crippen molar-refractivity contribution in [2.45, 2.75) is 44.4 Å². The first-order valence-electron chi connectivity index (χ1n) is 11.2. The van der Waals surface area contributed by atoms with Crippen LogP contribution in [0, 0.1) is 23.2 Å². The highest BCUT2D eigenvalue weighted by molar-refractivity contribution is 5.98. The molecule has 170 valence electrons. The van der Waals surface area contributed by atoms with Gasteiger partial charge in [-0.2, -0.15) is 5.26 Å². The van der Waals surface area contributed by atoms with Crippen molar-refractivity contribution in [3.05, 3.63) is 64.2 Å². The van der Waals surface area contributed by atoms with E-state index in [0.29, 0.717) is 29.7 Å². The van der Waals surface area contributed by atoms with Gasteiger partial charge in [0.15, 0.2) is 0 Å². The number of nitrogens with one attached hydrogen (secondary N) is 2.